The van der Waals surface area contributed by atoms with Crippen molar-refractivity contribution in [2.75, 3.05) is 0 Å². The number of nitro benzene ring substituents is 1. The second-order valence-electron chi connectivity index (χ2n) is 4.67. The van der Waals surface area contributed by atoms with E-state index in [0.717, 1.165) is 0 Å². The fourth-order valence-corrected chi connectivity index (χ4v) is 2.13. The van der Waals surface area contributed by atoms with Crippen molar-refractivity contribution >= 4 is 22.3 Å². The third-order valence-electron chi connectivity index (χ3n) is 3.19. The van der Waals surface area contributed by atoms with Gasteiger partial charge in [-0.1, -0.05) is 12.1 Å². The third kappa shape index (κ3) is 2.65. The minimum Gasteiger partial charge on any atom is -0.449 e. The fraction of sp³-hybridized carbons (Fsp3) is 0. The zero-order valence-electron chi connectivity index (χ0n) is 11.9. The van der Waals surface area contributed by atoms with Crippen LogP contribution in [0.25, 0.3) is 11.0 Å². The van der Waals surface area contributed by atoms with Gasteiger partial charge in [0.2, 0.25) is 5.75 Å². The van der Waals surface area contributed by atoms with Gasteiger partial charge in [-0.3, -0.25) is 20.2 Å². The fourth-order valence-electron chi connectivity index (χ4n) is 2.13. The van der Waals surface area contributed by atoms with E-state index < -0.39 is 21.2 Å². The lowest BCUT2D eigenvalue weighted by atomic mass is 10.2. The first-order valence-corrected chi connectivity index (χ1v) is 6.60. The summed E-state index contributed by atoms with van der Waals surface area (Å²) in [6.07, 6.45) is 0. The predicted molar refractivity (Wildman–Crippen MR) is 82.3 cm³/mol. The number of non-ortho nitro benzene ring substituents is 1. The number of para-hydroxylation sites is 1. The van der Waals surface area contributed by atoms with Gasteiger partial charge < -0.3 is 9.15 Å². The Bertz CT molecular complexity index is 1010. The van der Waals surface area contributed by atoms with Gasteiger partial charge in [-0.15, -0.1) is 0 Å². The lowest BCUT2D eigenvalue weighted by Gasteiger charge is -2.08. The summed E-state index contributed by atoms with van der Waals surface area (Å²) >= 11 is 0. The molecule has 0 aliphatic heterocycles. The monoisotopic (exact) mass is 328 g/mol. The minimum atomic E-state index is -1.14. The van der Waals surface area contributed by atoms with E-state index in [1.807, 2.05) is 0 Å². The Morgan fingerprint density at radius 3 is 2.21 bits per heavy atom. The molecule has 0 fully saturated rings. The highest BCUT2D eigenvalue weighted by atomic mass is 16.6. The lowest BCUT2D eigenvalue weighted by molar-refractivity contribution is -0.387. The van der Waals surface area contributed by atoms with E-state index in [0.29, 0.717) is 0 Å². The van der Waals surface area contributed by atoms with Crippen molar-refractivity contribution in [2.45, 2.75) is 0 Å². The minimum absolute atomic E-state index is 0.111. The summed E-state index contributed by atoms with van der Waals surface area (Å²) in [6.45, 7) is 0. The molecule has 120 valence electrons. The Labute approximate surface area is 133 Å². The molecule has 0 N–H and O–H groups in total. The highest BCUT2D eigenvalue weighted by Gasteiger charge is 2.26. The molecule has 1 aromatic heterocycles. The van der Waals surface area contributed by atoms with E-state index in [1.165, 1.54) is 36.4 Å². The molecule has 0 spiro atoms. The second kappa shape index (κ2) is 5.80. The smallest absolute Gasteiger partial charge is 0.419 e. The number of nitro groups is 2. The Morgan fingerprint density at radius 1 is 0.917 bits per heavy atom. The molecular weight excluding hydrogens is 320 g/mol. The maximum Gasteiger partial charge on any atom is 0.419 e. The molecule has 3 aromatic rings. The summed E-state index contributed by atoms with van der Waals surface area (Å²) < 4.78 is 10.4. The maximum absolute atomic E-state index is 11.9. The highest BCUT2D eigenvalue weighted by molar-refractivity contribution is 5.87. The number of fused-ring (bicyclic) bond motifs is 1. The molecule has 0 unspecified atom stereocenters. The highest BCUT2D eigenvalue weighted by Crippen LogP contribution is 2.36. The number of nitrogens with zero attached hydrogens (tertiary/aromatic N) is 2. The summed E-state index contributed by atoms with van der Waals surface area (Å²) in [5, 5.41) is 22.1. The van der Waals surface area contributed by atoms with Crippen LogP contribution >= 0.6 is 0 Å². The number of ether oxygens (including phenoxy) is 1. The van der Waals surface area contributed by atoms with Crippen LogP contribution in [0.3, 0.4) is 0 Å². The summed E-state index contributed by atoms with van der Waals surface area (Å²) in [6, 6.07) is 11.1. The number of rotatable bonds is 4. The zero-order valence-corrected chi connectivity index (χ0v) is 11.9. The SMILES string of the molecule is O=c1oc2ccccc2c(Oc2ccc([N+](=O)[O-])cc2)c1[N+](=O)[O-]. The van der Waals surface area contributed by atoms with Crippen molar-refractivity contribution in [3.63, 3.8) is 0 Å². The molecule has 0 aliphatic carbocycles. The predicted octanol–water partition coefficient (Wildman–Crippen LogP) is 3.40. The molecule has 0 saturated carbocycles. The van der Waals surface area contributed by atoms with Crippen LogP contribution < -0.4 is 10.4 Å². The van der Waals surface area contributed by atoms with E-state index in [-0.39, 0.29) is 28.2 Å². The van der Waals surface area contributed by atoms with E-state index in [9.17, 15) is 25.0 Å². The van der Waals surface area contributed by atoms with Gasteiger partial charge in [-0.2, -0.15) is 0 Å². The van der Waals surface area contributed by atoms with E-state index in [4.69, 9.17) is 9.15 Å². The average Bonchev–Trinajstić information content (AvgIpc) is 2.54. The van der Waals surface area contributed by atoms with Crippen LogP contribution in [0, 0.1) is 20.2 Å². The summed E-state index contributed by atoms with van der Waals surface area (Å²) in [5.41, 5.74) is -2.01. The second-order valence-corrected chi connectivity index (χ2v) is 4.67. The van der Waals surface area contributed by atoms with Gasteiger partial charge in [-0.05, 0) is 24.3 Å². The number of hydrogen-bond donors (Lipinski definition) is 0. The first kappa shape index (κ1) is 15.2. The van der Waals surface area contributed by atoms with Crippen LogP contribution in [0.1, 0.15) is 0 Å². The Morgan fingerprint density at radius 2 is 1.58 bits per heavy atom. The van der Waals surface area contributed by atoms with E-state index in [1.54, 1.807) is 12.1 Å². The van der Waals surface area contributed by atoms with Crippen LogP contribution in [0.15, 0.2) is 57.7 Å². The van der Waals surface area contributed by atoms with Gasteiger partial charge >= 0.3 is 11.3 Å². The van der Waals surface area contributed by atoms with Crippen LogP contribution in [0.2, 0.25) is 0 Å². The molecule has 0 bridgehead atoms. The number of hydrogen-bond acceptors (Lipinski definition) is 7. The van der Waals surface area contributed by atoms with Gasteiger partial charge in [0.05, 0.1) is 15.2 Å². The average molecular weight is 328 g/mol. The molecule has 2 aromatic carbocycles. The molecule has 0 saturated heterocycles. The van der Waals surface area contributed by atoms with Gasteiger partial charge in [0.1, 0.15) is 11.3 Å². The van der Waals surface area contributed by atoms with E-state index >= 15 is 0 Å². The van der Waals surface area contributed by atoms with Crippen molar-refractivity contribution in [1.29, 1.82) is 0 Å². The van der Waals surface area contributed by atoms with Crippen LogP contribution in [-0.4, -0.2) is 9.85 Å². The van der Waals surface area contributed by atoms with Crippen LogP contribution in [0.4, 0.5) is 11.4 Å². The van der Waals surface area contributed by atoms with Gasteiger partial charge in [0.15, 0.2) is 0 Å². The zero-order chi connectivity index (χ0) is 17.3. The molecular formula is C15H8N2O7. The standard InChI is InChI=1S/C15H8N2O7/c18-15-13(17(21)22)14(11-3-1-2-4-12(11)24-15)23-10-7-5-9(6-8-10)16(19)20/h1-8H. The summed E-state index contributed by atoms with van der Waals surface area (Å²) in [5.74, 6) is -0.167. The molecule has 9 heteroatoms. The van der Waals surface area contributed by atoms with Crippen molar-refractivity contribution in [1.82, 2.24) is 0 Å². The third-order valence-corrected chi connectivity index (χ3v) is 3.19. The Hall–Kier alpha value is -3.75. The molecule has 0 atom stereocenters. The quantitative estimate of drug-likeness (QED) is 0.408. The van der Waals surface area contributed by atoms with Crippen molar-refractivity contribution in [3.8, 4) is 11.5 Å². The lowest BCUT2D eigenvalue weighted by Crippen LogP contribution is -2.08. The van der Waals surface area contributed by atoms with Gasteiger partial charge in [-0.25, -0.2) is 4.79 Å². The topological polar surface area (TPSA) is 126 Å². The normalized spacial score (nSPS) is 10.5. The maximum atomic E-state index is 11.9. The molecule has 0 aliphatic rings. The van der Waals surface area contributed by atoms with Crippen molar-refractivity contribution in [2.24, 2.45) is 0 Å². The first-order chi connectivity index (χ1) is 11.5. The molecule has 24 heavy (non-hydrogen) atoms. The van der Waals surface area contributed by atoms with Gasteiger partial charge in [0, 0.05) is 12.1 Å². The summed E-state index contributed by atoms with van der Waals surface area (Å²) in [7, 11) is 0. The largest absolute Gasteiger partial charge is 0.449 e. The van der Waals surface area contributed by atoms with Crippen molar-refractivity contribution in [3.05, 3.63) is 79.2 Å². The van der Waals surface area contributed by atoms with Gasteiger partial charge in [0.25, 0.3) is 5.69 Å². The summed E-state index contributed by atoms with van der Waals surface area (Å²) in [4.78, 5) is 32.2. The number of benzene rings is 2. The van der Waals surface area contributed by atoms with E-state index in [2.05, 4.69) is 0 Å². The molecule has 1 heterocycles. The molecule has 3 rings (SSSR count). The Kier molecular flexibility index (Phi) is 3.66. The molecule has 9 nitrogen and oxygen atoms in total. The van der Waals surface area contributed by atoms with Crippen LogP contribution in [0.5, 0.6) is 11.5 Å². The first-order valence-electron chi connectivity index (χ1n) is 6.60. The Balaban J connectivity index is 2.16. The van der Waals surface area contributed by atoms with Crippen LogP contribution in [-0.2, 0) is 0 Å². The molecule has 0 amide bonds. The van der Waals surface area contributed by atoms with Crippen molar-refractivity contribution < 1.29 is 19.0 Å². The molecule has 0 radical (unpaired) electrons.